The molecule has 0 spiro atoms. The van der Waals surface area contributed by atoms with Crippen LogP contribution in [0.5, 0.6) is 0 Å². The fraction of sp³-hybridized carbons (Fsp3) is 0.0714. The number of primary amides is 1. The van der Waals surface area contributed by atoms with Crippen molar-refractivity contribution in [1.82, 2.24) is 10.4 Å². The van der Waals surface area contributed by atoms with Crippen LogP contribution in [0.2, 0.25) is 0 Å². The molecule has 0 unspecified atom stereocenters. The Morgan fingerprint density at radius 2 is 2.00 bits per heavy atom. The van der Waals surface area contributed by atoms with Crippen LogP contribution in [0.4, 0.5) is 4.79 Å². The van der Waals surface area contributed by atoms with Crippen LogP contribution in [-0.4, -0.2) is 28.1 Å². The van der Waals surface area contributed by atoms with Crippen molar-refractivity contribution in [3.8, 4) is 0 Å². The number of hydrogen-bond acceptors (Lipinski definition) is 9. The van der Waals surface area contributed by atoms with Crippen molar-refractivity contribution in [2.24, 2.45) is 26.8 Å². The molecule has 0 bridgehead atoms. The summed E-state index contributed by atoms with van der Waals surface area (Å²) in [5, 5.41) is 10.7. The van der Waals surface area contributed by atoms with Gasteiger partial charge in [0, 0.05) is 6.20 Å². The number of carbonyl (C=O) groups is 1. The summed E-state index contributed by atoms with van der Waals surface area (Å²) in [6.07, 6.45) is 4.62. The topological polar surface area (TPSA) is 178 Å². The quantitative estimate of drug-likeness (QED) is 0.192. The number of rotatable bonds is 4. The van der Waals surface area contributed by atoms with Gasteiger partial charge >= 0.3 is 31.3 Å². The standard InChI is InChI=1S/C8H10N4O.C6H7N3OS.Mo.2O/c1-6(11-12-8(9)13)7-4-2-3-5-10-7;7-6(11)9-8-4-5-2-1-3-10-5;;;/h2-5H,1H3,(H3,9,12,13);1-4H,(H3,7,9,11);;;/p-1/b11-6+;8-4+;;;. The zero-order valence-electron chi connectivity index (χ0n) is 14.0. The molecule has 0 saturated carbocycles. The van der Waals surface area contributed by atoms with Crippen molar-refractivity contribution in [3.05, 3.63) is 54.2 Å². The third-order valence-corrected chi connectivity index (χ3v) is 2.34. The summed E-state index contributed by atoms with van der Waals surface area (Å²) in [5.41, 5.74) is 13.3. The number of furan rings is 1. The first kappa shape index (κ1) is 24.0. The molecule has 2 aromatic rings. The number of urea groups is 1. The van der Waals surface area contributed by atoms with Crippen LogP contribution in [0.15, 0.2) is 62.5 Å². The number of amides is 2. The van der Waals surface area contributed by atoms with E-state index in [0.717, 1.165) is 0 Å². The van der Waals surface area contributed by atoms with Crippen LogP contribution >= 0.6 is 0 Å². The van der Waals surface area contributed by atoms with E-state index in [4.69, 9.17) is 22.7 Å². The maximum atomic E-state index is 10.3. The van der Waals surface area contributed by atoms with Gasteiger partial charge in [0.2, 0.25) is 0 Å². The molecule has 0 radical (unpaired) electrons. The number of hydrazone groups is 1. The van der Waals surface area contributed by atoms with Crippen LogP contribution in [-0.2, 0) is 37.9 Å². The summed E-state index contributed by atoms with van der Waals surface area (Å²) >= 11 is 2.43. The Morgan fingerprint density at radius 3 is 2.48 bits per heavy atom. The molecule has 0 atom stereocenters. The molecule has 2 aromatic heterocycles. The molecule has 0 fully saturated rings. The number of nitrogens with one attached hydrogen (secondary N) is 1. The molecule has 0 saturated heterocycles. The molecule has 27 heavy (non-hydrogen) atoms. The number of nitrogens with zero attached hydrogens (tertiary/aromatic N) is 4. The third kappa shape index (κ3) is 13.9. The van der Waals surface area contributed by atoms with Gasteiger partial charge in [0.25, 0.3) is 0 Å². The van der Waals surface area contributed by atoms with Crippen molar-refractivity contribution in [3.63, 3.8) is 0 Å². The van der Waals surface area contributed by atoms with E-state index in [-0.39, 0.29) is 5.17 Å². The van der Waals surface area contributed by atoms with Gasteiger partial charge in [-0.1, -0.05) is 6.07 Å². The van der Waals surface area contributed by atoms with Gasteiger partial charge in [0.05, 0.1) is 23.9 Å². The van der Waals surface area contributed by atoms with Crippen molar-refractivity contribution < 1.29 is 34.5 Å². The zero-order chi connectivity index (χ0) is 20.5. The van der Waals surface area contributed by atoms with Gasteiger partial charge in [0.1, 0.15) is 5.76 Å². The van der Waals surface area contributed by atoms with E-state index in [1.807, 2.05) is 6.07 Å². The summed E-state index contributed by atoms with van der Waals surface area (Å²) in [6, 6.07) is 8.25. The molecule has 2 rings (SSSR count). The first-order chi connectivity index (χ1) is 12.9. The average Bonchev–Trinajstić information content (AvgIpc) is 3.15. The van der Waals surface area contributed by atoms with E-state index in [1.165, 1.54) is 6.21 Å². The Balaban J connectivity index is 0.000000442. The summed E-state index contributed by atoms with van der Waals surface area (Å²) in [5.74, 6) is 0.616. The molecular formula is C14H16MoN7O4S-. The van der Waals surface area contributed by atoms with Gasteiger partial charge < -0.3 is 28.5 Å². The molecule has 0 aliphatic carbocycles. The fourth-order valence-electron chi connectivity index (χ4n) is 1.28. The molecule has 0 aliphatic rings. The van der Waals surface area contributed by atoms with Crippen molar-refractivity contribution >= 4 is 35.8 Å². The van der Waals surface area contributed by atoms with E-state index >= 15 is 0 Å². The third-order valence-electron chi connectivity index (χ3n) is 2.25. The Hall–Kier alpha value is -2.98. The normalized spacial score (nSPS) is 10.9. The van der Waals surface area contributed by atoms with Gasteiger partial charge in [-0.3, -0.25) is 4.98 Å². The molecule has 2 heterocycles. The number of carbonyl (C=O) groups excluding carboxylic acids is 1. The molecular weight excluding hydrogens is 458 g/mol. The second kappa shape index (κ2) is 15.3. The van der Waals surface area contributed by atoms with E-state index in [0.29, 0.717) is 17.2 Å². The van der Waals surface area contributed by atoms with E-state index < -0.39 is 24.5 Å². The monoisotopic (exact) mass is 476 g/mol. The molecule has 13 heteroatoms. The second-order valence-corrected chi connectivity index (χ2v) is 4.91. The maximum absolute atomic E-state index is 10.3. The zero-order valence-corrected chi connectivity index (χ0v) is 16.8. The second-order valence-electron chi connectivity index (χ2n) is 4.15. The number of amidine groups is 1. The predicted octanol–water partition coefficient (Wildman–Crippen LogP) is 0.709. The van der Waals surface area contributed by atoms with Gasteiger partial charge in [-0.15, -0.1) is 0 Å². The molecule has 5 N–H and O–H groups in total. The first-order valence-electron chi connectivity index (χ1n) is 6.90. The van der Waals surface area contributed by atoms with Crippen molar-refractivity contribution in [2.45, 2.75) is 6.92 Å². The summed E-state index contributed by atoms with van der Waals surface area (Å²) in [7, 11) is 0. The van der Waals surface area contributed by atoms with E-state index in [1.54, 1.807) is 43.6 Å². The Labute approximate surface area is 168 Å². The molecule has 144 valence electrons. The van der Waals surface area contributed by atoms with Gasteiger partial charge in [-0.25, -0.2) is 10.2 Å². The summed E-state index contributed by atoms with van der Waals surface area (Å²) in [4.78, 5) is 14.4. The molecule has 0 aromatic carbocycles. The van der Waals surface area contributed by atoms with Crippen LogP contribution in [0, 0.1) is 0 Å². The van der Waals surface area contributed by atoms with Gasteiger partial charge in [-0.2, -0.15) is 15.3 Å². The predicted molar refractivity (Wildman–Crippen MR) is 95.8 cm³/mol. The number of pyridine rings is 1. The minimum atomic E-state index is -2.03. The Kier molecular flexibility index (Phi) is 13.6. The van der Waals surface area contributed by atoms with Crippen LogP contribution < -0.4 is 16.9 Å². The number of nitrogens with two attached hydrogens (primary N) is 2. The van der Waals surface area contributed by atoms with E-state index in [2.05, 4.69) is 38.3 Å². The fourth-order valence-corrected chi connectivity index (χ4v) is 1.33. The SMILES string of the molecule is C/C(=N\NC(N)=O)c1ccccn1.N/C([S-])=N\N=C\c1ccco1.[O]=[Mo]=[O]. The Morgan fingerprint density at radius 1 is 1.30 bits per heavy atom. The summed E-state index contributed by atoms with van der Waals surface area (Å²) < 4.78 is 21.9. The van der Waals surface area contributed by atoms with Gasteiger partial charge in [0.15, 0.2) is 0 Å². The number of aromatic nitrogens is 1. The van der Waals surface area contributed by atoms with Crippen molar-refractivity contribution in [1.29, 1.82) is 0 Å². The average molecular weight is 474 g/mol. The summed E-state index contributed by atoms with van der Waals surface area (Å²) in [6.45, 7) is 1.73. The van der Waals surface area contributed by atoms with Crippen LogP contribution in [0.3, 0.4) is 0 Å². The van der Waals surface area contributed by atoms with E-state index in [9.17, 15) is 4.79 Å². The first-order valence-corrected chi connectivity index (χ1v) is 8.95. The van der Waals surface area contributed by atoms with Gasteiger partial charge in [-0.05, 0) is 36.4 Å². The van der Waals surface area contributed by atoms with Crippen LogP contribution in [0.25, 0.3) is 0 Å². The number of hydrogen-bond donors (Lipinski definition) is 3. The van der Waals surface area contributed by atoms with Crippen molar-refractivity contribution in [2.75, 3.05) is 0 Å². The van der Waals surface area contributed by atoms with Crippen LogP contribution in [0.1, 0.15) is 18.4 Å². The molecule has 0 aliphatic heterocycles. The Bertz CT molecular complexity index is 800. The molecule has 2 amide bonds. The molecule has 11 nitrogen and oxygen atoms in total. The minimum absolute atomic E-state index is 0.00723.